The van der Waals surface area contributed by atoms with Crippen LogP contribution in [0, 0.1) is 11.7 Å². The lowest BCUT2D eigenvalue weighted by Crippen LogP contribution is -2.42. The smallest absolute Gasteiger partial charge is 0.341 e. The molecule has 0 saturated carbocycles. The molecule has 0 aliphatic carbocycles. The van der Waals surface area contributed by atoms with Crippen molar-refractivity contribution in [3.8, 4) is 0 Å². The standard InChI is InChI=1S/C23H26F4N2O/c1-28(22(30)19-8-10-20(11-9-19)23(25,26)27)15-17-5-4-13-29(16-17)14-12-18-6-2-3-7-21(18)24/h2-3,6-11,17H,4-5,12-16H2,1H3. The summed E-state index contributed by atoms with van der Waals surface area (Å²) in [6.07, 6.45) is -1.79. The summed E-state index contributed by atoms with van der Waals surface area (Å²) in [5.74, 6) is -0.192. The zero-order chi connectivity index (χ0) is 21.7. The molecule has 0 aromatic heterocycles. The fourth-order valence-corrected chi connectivity index (χ4v) is 3.98. The summed E-state index contributed by atoms with van der Waals surface area (Å²) in [5, 5.41) is 0. The predicted molar refractivity (Wildman–Crippen MR) is 108 cm³/mol. The highest BCUT2D eigenvalue weighted by Gasteiger charge is 2.30. The minimum Gasteiger partial charge on any atom is -0.341 e. The van der Waals surface area contributed by atoms with E-state index in [0.29, 0.717) is 18.5 Å². The van der Waals surface area contributed by atoms with E-state index in [0.717, 1.165) is 44.6 Å². The number of halogens is 4. The Balaban J connectivity index is 1.52. The maximum atomic E-state index is 13.8. The molecule has 162 valence electrons. The third-order valence-corrected chi connectivity index (χ3v) is 5.60. The molecule has 0 radical (unpaired) electrons. The molecule has 1 atom stereocenters. The first kappa shape index (κ1) is 22.3. The number of hydrogen-bond acceptors (Lipinski definition) is 2. The van der Waals surface area contributed by atoms with Crippen LogP contribution < -0.4 is 0 Å². The number of hydrogen-bond donors (Lipinski definition) is 0. The Kier molecular flexibility index (Phi) is 7.13. The van der Waals surface area contributed by atoms with Crippen molar-refractivity contribution in [3.05, 3.63) is 71.0 Å². The Morgan fingerprint density at radius 3 is 2.50 bits per heavy atom. The van der Waals surface area contributed by atoms with Crippen LogP contribution in [0.15, 0.2) is 48.5 Å². The number of alkyl halides is 3. The number of piperidine rings is 1. The van der Waals surface area contributed by atoms with Crippen LogP contribution in [0.3, 0.4) is 0 Å². The second-order valence-electron chi connectivity index (χ2n) is 7.91. The predicted octanol–water partition coefficient (Wildman–Crippen LogP) is 4.87. The third kappa shape index (κ3) is 5.81. The van der Waals surface area contributed by atoms with E-state index in [1.54, 1.807) is 24.1 Å². The van der Waals surface area contributed by atoms with Gasteiger partial charge in [0.1, 0.15) is 5.82 Å². The SMILES string of the molecule is CN(CC1CCCN(CCc2ccccc2F)C1)C(=O)c1ccc(C(F)(F)F)cc1. The van der Waals surface area contributed by atoms with Gasteiger partial charge < -0.3 is 9.80 Å². The van der Waals surface area contributed by atoms with E-state index < -0.39 is 11.7 Å². The van der Waals surface area contributed by atoms with Gasteiger partial charge >= 0.3 is 6.18 Å². The van der Waals surface area contributed by atoms with Crippen molar-refractivity contribution in [1.29, 1.82) is 0 Å². The molecule has 0 spiro atoms. The van der Waals surface area contributed by atoms with Crippen molar-refractivity contribution >= 4 is 5.91 Å². The van der Waals surface area contributed by atoms with Crippen LogP contribution in [-0.2, 0) is 12.6 Å². The molecule has 1 heterocycles. The Bertz CT molecular complexity index is 851. The highest BCUT2D eigenvalue weighted by atomic mass is 19.4. The second kappa shape index (κ2) is 9.60. The second-order valence-corrected chi connectivity index (χ2v) is 7.91. The number of carbonyl (C=O) groups excluding carboxylic acids is 1. The molecule has 1 fully saturated rings. The molecule has 7 heteroatoms. The first-order valence-corrected chi connectivity index (χ1v) is 10.1. The van der Waals surface area contributed by atoms with Gasteiger partial charge in [0.05, 0.1) is 5.56 Å². The fourth-order valence-electron chi connectivity index (χ4n) is 3.98. The molecule has 3 nitrogen and oxygen atoms in total. The zero-order valence-electron chi connectivity index (χ0n) is 17.0. The quantitative estimate of drug-likeness (QED) is 0.620. The molecule has 3 rings (SSSR count). The number of rotatable bonds is 6. The van der Waals surface area contributed by atoms with E-state index in [-0.39, 0.29) is 23.2 Å². The van der Waals surface area contributed by atoms with Gasteiger partial charge in [-0.2, -0.15) is 13.2 Å². The van der Waals surface area contributed by atoms with Crippen molar-refractivity contribution in [2.24, 2.45) is 5.92 Å². The van der Waals surface area contributed by atoms with Crippen molar-refractivity contribution < 1.29 is 22.4 Å². The first-order valence-electron chi connectivity index (χ1n) is 10.1. The molecular weight excluding hydrogens is 396 g/mol. The number of carbonyl (C=O) groups is 1. The average Bonchev–Trinajstić information content (AvgIpc) is 2.72. The Hall–Kier alpha value is -2.41. The van der Waals surface area contributed by atoms with Crippen molar-refractivity contribution in [2.75, 3.05) is 33.2 Å². The maximum Gasteiger partial charge on any atom is 0.416 e. The van der Waals surface area contributed by atoms with E-state index in [1.165, 1.54) is 18.2 Å². The van der Waals surface area contributed by atoms with Crippen molar-refractivity contribution in [2.45, 2.75) is 25.4 Å². The van der Waals surface area contributed by atoms with Gasteiger partial charge in [-0.05, 0) is 67.6 Å². The lowest BCUT2D eigenvalue weighted by Gasteiger charge is -2.34. The van der Waals surface area contributed by atoms with Gasteiger partial charge in [-0.1, -0.05) is 18.2 Å². The Morgan fingerprint density at radius 1 is 1.13 bits per heavy atom. The minimum absolute atomic E-state index is 0.187. The monoisotopic (exact) mass is 422 g/mol. The molecule has 0 bridgehead atoms. The molecule has 1 aliphatic rings. The first-order chi connectivity index (χ1) is 14.2. The normalized spacial score (nSPS) is 17.7. The molecule has 30 heavy (non-hydrogen) atoms. The van der Waals surface area contributed by atoms with Gasteiger partial charge in [0.15, 0.2) is 0 Å². The summed E-state index contributed by atoms with van der Waals surface area (Å²) >= 11 is 0. The van der Waals surface area contributed by atoms with E-state index in [4.69, 9.17) is 0 Å². The lowest BCUT2D eigenvalue weighted by atomic mass is 9.96. The summed E-state index contributed by atoms with van der Waals surface area (Å²) in [6, 6.07) is 11.1. The summed E-state index contributed by atoms with van der Waals surface area (Å²) in [7, 11) is 1.68. The van der Waals surface area contributed by atoms with Gasteiger partial charge in [-0.25, -0.2) is 4.39 Å². The van der Waals surface area contributed by atoms with Crippen LogP contribution in [0.4, 0.5) is 17.6 Å². The van der Waals surface area contributed by atoms with Gasteiger partial charge in [-0.3, -0.25) is 4.79 Å². The van der Waals surface area contributed by atoms with E-state index in [1.807, 2.05) is 6.07 Å². The van der Waals surface area contributed by atoms with Crippen molar-refractivity contribution in [3.63, 3.8) is 0 Å². The largest absolute Gasteiger partial charge is 0.416 e. The highest BCUT2D eigenvalue weighted by Crippen LogP contribution is 2.29. The van der Waals surface area contributed by atoms with E-state index >= 15 is 0 Å². The van der Waals surface area contributed by atoms with Crippen LogP contribution in [-0.4, -0.2) is 48.9 Å². The van der Waals surface area contributed by atoms with Crippen LogP contribution >= 0.6 is 0 Å². The van der Waals surface area contributed by atoms with Crippen LogP contribution in [0.25, 0.3) is 0 Å². The van der Waals surface area contributed by atoms with Crippen LogP contribution in [0.1, 0.15) is 34.3 Å². The molecule has 1 saturated heterocycles. The molecule has 1 amide bonds. The number of nitrogens with zero attached hydrogens (tertiary/aromatic N) is 2. The maximum absolute atomic E-state index is 13.8. The van der Waals surface area contributed by atoms with Gasteiger partial charge in [0, 0.05) is 32.2 Å². The molecule has 1 unspecified atom stereocenters. The topological polar surface area (TPSA) is 23.6 Å². The summed E-state index contributed by atoms with van der Waals surface area (Å²) in [5.41, 5.74) is 0.186. The van der Waals surface area contributed by atoms with Gasteiger partial charge in [-0.15, -0.1) is 0 Å². The minimum atomic E-state index is -4.41. The van der Waals surface area contributed by atoms with Crippen LogP contribution in [0.5, 0.6) is 0 Å². The van der Waals surface area contributed by atoms with E-state index in [2.05, 4.69) is 4.90 Å². The number of benzene rings is 2. The molecular formula is C23H26F4N2O. The highest BCUT2D eigenvalue weighted by molar-refractivity contribution is 5.94. The average molecular weight is 422 g/mol. The lowest BCUT2D eigenvalue weighted by molar-refractivity contribution is -0.137. The number of amides is 1. The Morgan fingerprint density at radius 2 is 1.83 bits per heavy atom. The Labute approximate surface area is 174 Å². The van der Waals surface area contributed by atoms with Crippen LogP contribution in [0.2, 0.25) is 0 Å². The molecule has 2 aromatic carbocycles. The van der Waals surface area contributed by atoms with Gasteiger partial charge in [0.25, 0.3) is 5.91 Å². The van der Waals surface area contributed by atoms with Crippen molar-refractivity contribution in [1.82, 2.24) is 9.80 Å². The molecule has 2 aromatic rings. The zero-order valence-corrected chi connectivity index (χ0v) is 17.0. The summed E-state index contributed by atoms with van der Waals surface area (Å²) in [6.45, 7) is 3.06. The number of likely N-dealkylation sites (tertiary alicyclic amines) is 1. The molecule has 1 aliphatic heterocycles. The van der Waals surface area contributed by atoms with E-state index in [9.17, 15) is 22.4 Å². The summed E-state index contributed by atoms with van der Waals surface area (Å²) in [4.78, 5) is 16.5. The summed E-state index contributed by atoms with van der Waals surface area (Å²) < 4.78 is 51.9. The third-order valence-electron chi connectivity index (χ3n) is 5.60. The van der Waals surface area contributed by atoms with Gasteiger partial charge in [0.2, 0.25) is 0 Å². The molecule has 0 N–H and O–H groups in total. The fraction of sp³-hybridized carbons (Fsp3) is 0.435.